The molecule has 3 aromatic rings. The van der Waals surface area contributed by atoms with Gasteiger partial charge in [0.15, 0.2) is 10.9 Å². The van der Waals surface area contributed by atoms with E-state index in [2.05, 4.69) is 9.97 Å². The largest absolute Gasteiger partial charge is 0.507 e. The van der Waals surface area contributed by atoms with Crippen molar-refractivity contribution in [2.75, 3.05) is 11.5 Å². The van der Waals surface area contributed by atoms with Crippen LogP contribution in [0, 0.1) is 6.92 Å². The maximum absolute atomic E-state index is 13.2. The molecule has 1 fully saturated rings. The predicted molar refractivity (Wildman–Crippen MR) is 123 cm³/mol. The molecular weight excluding hydrogens is 442 g/mol. The van der Waals surface area contributed by atoms with Crippen LogP contribution in [0.1, 0.15) is 46.4 Å². The molecule has 1 aromatic carbocycles. The Bertz CT molecular complexity index is 1280. The molecule has 168 valence electrons. The number of ether oxygens (including phenoxy) is 1. The Morgan fingerprint density at radius 1 is 1.21 bits per heavy atom. The summed E-state index contributed by atoms with van der Waals surface area (Å²) in [6.45, 7) is 5.39. The van der Waals surface area contributed by atoms with Crippen molar-refractivity contribution in [3.8, 4) is 5.75 Å². The number of rotatable bonds is 6. The smallest absolute Gasteiger partial charge is 0.301 e. The highest BCUT2D eigenvalue weighted by Crippen LogP contribution is 2.44. The van der Waals surface area contributed by atoms with Crippen LogP contribution in [0.5, 0.6) is 5.75 Å². The molecule has 1 unspecified atom stereocenters. The zero-order valence-electron chi connectivity index (χ0n) is 18.2. The lowest BCUT2D eigenvalue weighted by Gasteiger charge is -2.23. The molecule has 1 N–H and O–H groups in total. The fourth-order valence-corrected chi connectivity index (χ4v) is 4.75. The number of hydrogen-bond acceptors (Lipinski definition) is 8. The van der Waals surface area contributed by atoms with Gasteiger partial charge in [-0.2, -0.15) is 0 Å². The summed E-state index contributed by atoms with van der Waals surface area (Å²) in [4.78, 5) is 48.4. The third kappa shape index (κ3) is 4.03. The van der Waals surface area contributed by atoms with Gasteiger partial charge in [-0.15, -0.1) is 0 Å². The molecule has 0 spiro atoms. The van der Waals surface area contributed by atoms with Gasteiger partial charge in [0.1, 0.15) is 11.5 Å². The van der Waals surface area contributed by atoms with Crippen LogP contribution in [0.2, 0.25) is 0 Å². The van der Waals surface area contributed by atoms with Crippen LogP contribution in [-0.4, -0.2) is 39.2 Å². The molecule has 1 aliphatic heterocycles. The number of aryl methyl sites for hydroxylation is 1. The van der Waals surface area contributed by atoms with Crippen LogP contribution in [0.4, 0.5) is 5.13 Å². The number of aliphatic hydroxyl groups excluding tert-OH is 1. The first-order chi connectivity index (χ1) is 15.8. The van der Waals surface area contributed by atoms with Crippen molar-refractivity contribution in [2.45, 2.75) is 26.8 Å². The van der Waals surface area contributed by atoms with Crippen molar-refractivity contribution in [3.05, 3.63) is 76.1 Å². The highest BCUT2D eigenvalue weighted by atomic mass is 32.1. The average molecular weight is 464 g/mol. The molecule has 4 rings (SSSR count). The molecule has 33 heavy (non-hydrogen) atoms. The Balaban J connectivity index is 1.95. The molecule has 0 aliphatic carbocycles. The summed E-state index contributed by atoms with van der Waals surface area (Å²) < 4.78 is 5.60. The van der Waals surface area contributed by atoms with Crippen molar-refractivity contribution >= 4 is 39.7 Å². The summed E-state index contributed by atoms with van der Waals surface area (Å²) in [5.41, 5.74) is 1.32. The van der Waals surface area contributed by atoms with Crippen LogP contribution in [0.3, 0.4) is 0 Å². The van der Waals surface area contributed by atoms with E-state index in [0.717, 1.165) is 11.3 Å². The van der Waals surface area contributed by atoms with Crippen LogP contribution in [-0.2, 0) is 9.59 Å². The van der Waals surface area contributed by atoms with E-state index in [0.29, 0.717) is 34.1 Å². The van der Waals surface area contributed by atoms with Gasteiger partial charge < -0.3 is 9.84 Å². The minimum absolute atomic E-state index is 0.0722. The Kier molecular flexibility index (Phi) is 6.06. The first-order valence-electron chi connectivity index (χ1n) is 10.3. The van der Waals surface area contributed by atoms with Gasteiger partial charge in [0.05, 0.1) is 28.8 Å². The van der Waals surface area contributed by atoms with E-state index in [9.17, 15) is 19.5 Å². The van der Waals surface area contributed by atoms with Gasteiger partial charge in [0, 0.05) is 24.9 Å². The zero-order valence-corrected chi connectivity index (χ0v) is 19.0. The molecule has 8 nitrogen and oxygen atoms in total. The normalized spacial score (nSPS) is 17.4. The minimum Gasteiger partial charge on any atom is -0.507 e. The average Bonchev–Trinajstić information content (AvgIpc) is 3.31. The number of ketones is 2. The number of amides is 1. The van der Waals surface area contributed by atoms with Crippen molar-refractivity contribution in [1.82, 2.24) is 9.97 Å². The number of thiazole rings is 1. The second kappa shape index (κ2) is 8.95. The molecule has 0 saturated carbocycles. The topological polar surface area (TPSA) is 110 Å². The number of hydrogen-bond donors (Lipinski definition) is 1. The number of benzene rings is 1. The number of aromatic nitrogens is 2. The number of aliphatic hydroxyl groups is 1. The first kappa shape index (κ1) is 22.3. The highest BCUT2D eigenvalue weighted by Gasteiger charge is 2.48. The molecule has 2 aromatic heterocycles. The second-order valence-corrected chi connectivity index (χ2v) is 8.36. The molecular formula is C24H21N3O5S. The number of carbonyl (C=O) groups excluding carboxylic acids is 3. The molecule has 1 saturated heterocycles. The Labute approximate surface area is 194 Å². The number of Topliss-reactive ketones (excluding diaryl/α,β-unsaturated/α-hetero) is 2. The SMILES string of the molecule is CCOc1cccc(C2/C(=C(\O)c3ccncc3)C(=O)C(=O)N2c2nc(C)c(C(C)=O)s2)c1. The number of anilines is 1. The summed E-state index contributed by atoms with van der Waals surface area (Å²) in [7, 11) is 0. The van der Waals surface area contributed by atoms with Crippen LogP contribution in [0.15, 0.2) is 54.4 Å². The van der Waals surface area contributed by atoms with Crippen molar-refractivity contribution in [2.24, 2.45) is 0 Å². The van der Waals surface area contributed by atoms with E-state index in [1.165, 1.54) is 24.2 Å². The number of pyridine rings is 1. The van der Waals surface area contributed by atoms with Gasteiger partial charge >= 0.3 is 5.91 Å². The number of nitrogens with zero attached hydrogens (tertiary/aromatic N) is 3. The van der Waals surface area contributed by atoms with Gasteiger partial charge in [-0.1, -0.05) is 23.5 Å². The zero-order chi connectivity index (χ0) is 23.7. The third-order valence-corrected chi connectivity index (χ3v) is 6.45. The summed E-state index contributed by atoms with van der Waals surface area (Å²) in [6.07, 6.45) is 2.97. The van der Waals surface area contributed by atoms with Gasteiger partial charge in [0.2, 0.25) is 0 Å². The summed E-state index contributed by atoms with van der Waals surface area (Å²) in [5, 5.41) is 11.3. The molecule has 3 heterocycles. The minimum atomic E-state index is -0.955. The van der Waals surface area contributed by atoms with Gasteiger partial charge in [-0.05, 0) is 43.7 Å². The van der Waals surface area contributed by atoms with Gasteiger partial charge in [-0.25, -0.2) is 4.98 Å². The van der Waals surface area contributed by atoms with Crippen molar-refractivity contribution in [1.29, 1.82) is 0 Å². The fourth-order valence-electron chi connectivity index (χ4n) is 3.76. The number of carbonyl (C=O) groups is 3. The molecule has 1 aliphatic rings. The Morgan fingerprint density at radius 2 is 1.94 bits per heavy atom. The molecule has 0 radical (unpaired) electrons. The fraction of sp³-hybridized carbons (Fsp3) is 0.208. The summed E-state index contributed by atoms with van der Waals surface area (Å²) in [6, 6.07) is 9.14. The quantitative estimate of drug-likeness (QED) is 0.254. The van der Waals surface area contributed by atoms with Gasteiger partial charge in [0.25, 0.3) is 5.78 Å². The molecule has 1 atom stereocenters. The van der Waals surface area contributed by atoms with E-state index >= 15 is 0 Å². The van der Waals surface area contributed by atoms with Crippen LogP contribution < -0.4 is 9.64 Å². The molecule has 1 amide bonds. The van der Waals surface area contributed by atoms with E-state index in [4.69, 9.17) is 4.74 Å². The molecule has 9 heteroatoms. The van der Waals surface area contributed by atoms with Crippen molar-refractivity contribution < 1.29 is 24.2 Å². The predicted octanol–water partition coefficient (Wildman–Crippen LogP) is 4.07. The Hall–Kier alpha value is -3.85. The standard InChI is InChI=1S/C24H21N3O5S/c1-4-32-17-7-5-6-16(12-17)19-18(20(29)15-8-10-25-11-9-15)21(30)23(31)27(19)24-26-13(2)22(33-24)14(3)28/h5-12,19,29H,4H2,1-3H3/b20-18+. The highest BCUT2D eigenvalue weighted by molar-refractivity contribution is 7.18. The lowest BCUT2D eigenvalue weighted by molar-refractivity contribution is -0.132. The van der Waals surface area contributed by atoms with Gasteiger partial charge in [-0.3, -0.25) is 24.3 Å². The first-order valence-corrected chi connectivity index (χ1v) is 11.1. The monoisotopic (exact) mass is 463 g/mol. The molecule has 0 bridgehead atoms. The van der Waals surface area contributed by atoms with E-state index in [1.807, 2.05) is 6.92 Å². The van der Waals surface area contributed by atoms with E-state index in [1.54, 1.807) is 43.3 Å². The summed E-state index contributed by atoms with van der Waals surface area (Å²) in [5.74, 6) is -1.61. The van der Waals surface area contributed by atoms with Crippen LogP contribution >= 0.6 is 11.3 Å². The lowest BCUT2D eigenvalue weighted by atomic mass is 9.95. The lowest BCUT2D eigenvalue weighted by Crippen LogP contribution is -2.29. The van der Waals surface area contributed by atoms with Crippen molar-refractivity contribution in [3.63, 3.8) is 0 Å². The third-order valence-electron chi connectivity index (χ3n) is 5.19. The second-order valence-electron chi connectivity index (χ2n) is 7.38. The maximum Gasteiger partial charge on any atom is 0.301 e. The van der Waals surface area contributed by atoms with E-state index in [-0.39, 0.29) is 22.2 Å². The van der Waals surface area contributed by atoms with Crippen LogP contribution in [0.25, 0.3) is 5.76 Å². The Morgan fingerprint density at radius 3 is 2.58 bits per heavy atom. The summed E-state index contributed by atoms with van der Waals surface area (Å²) >= 11 is 1.04. The maximum atomic E-state index is 13.2. The van der Waals surface area contributed by atoms with E-state index < -0.39 is 17.7 Å².